The first-order valence-electron chi connectivity index (χ1n) is 25.7. The molecule has 1 heteroatoms. The van der Waals surface area contributed by atoms with Crippen LogP contribution < -0.4 is 4.90 Å². The third kappa shape index (κ3) is 6.26. The lowest BCUT2D eigenvalue weighted by Crippen LogP contribution is -2.41. The predicted molar refractivity (Wildman–Crippen MR) is 301 cm³/mol. The number of rotatable bonds is 6. The SMILES string of the molecule is Cc1ccc2c(c1)C1(c3ccccc3-c3ccc(N(c4ccc(-c5ccccc5)cc4)c4ccc5c(c4)C(c4ccccc4)(c4ccc(C(C)(C)C)cc4)c4ccccc4-5)cc31)c1cc(C)ccc1C2(C)C. The summed E-state index contributed by atoms with van der Waals surface area (Å²) in [7, 11) is 0. The van der Waals surface area contributed by atoms with Gasteiger partial charge in [0.05, 0.1) is 10.8 Å². The predicted octanol–water partition coefficient (Wildman–Crippen LogP) is 18.1. The molecule has 0 fully saturated rings. The molecule has 1 atom stereocenters. The van der Waals surface area contributed by atoms with E-state index in [9.17, 15) is 0 Å². The summed E-state index contributed by atoms with van der Waals surface area (Å²) in [6.45, 7) is 16.3. The first-order valence-corrected chi connectivity index (χ1v) is 25.7. The Bertz CT molecular complexity index is 3700. The van der Waals surface area contributed by atoms with E-state index in [0.29, 0.717) is 0 Å². The number of hydrogen-bond donors (Lipinski definition) is 0. The summed E-state index contributed by atoms with van der Waals surface area (Å²) in [4.78, 5) is 2.52. The Kier molecular flexibility index (Phi) is 9.78. The van der Waals surface area contributed by atoms with Gasteiger partial charge >= 0.3 is 0 Å². The molecule has 0 saturated carbocycles. The van der Waals surface area contributed by atoms with Crippen molar-refractivity contribution in [3.63, 3.8) is 0 Å². The van der Waals surface area contributed by atoms with Gasteiger partial charge in [0.25, 0.3) is 0 Å². The van der Waals surface area contributed by atoms with Crippen molar-refractivity contribution in [3.05, 3.63) is 303 Å². The van der Waals surface area contributed by atoms with Crippen molar-refractivity contribution in [2.75, 3.05) is 4.90 Å². The number of anilines is 3. The van der Waals surface area contributed by atoms with Crippen molar-refractivity contribution >= 4 is 17.1 Å². The first kappa shape index (κ1) is 44.0. The van der Waals surface area contributed by atoms with Gasteiger partial charge in [-0.2, -0.15) is 0 Å². The van der Waals surface area contributed by atoms with Crippen LogP contribution in [0.5, 0.6) is 0 Å². The zero-order valence-corrected chi connectivity index (χ0v) is 42.4. The summed E-state index contributed by atoms with van der Waals surface area (Å²) >= 11 is 0. The van der Waals surface area contributed by atoms with Crippen LogP contribution in [0.4, 0.5) is 17.1 Å². The van der Waals surface area contributed by atoms with Crippen LogP contribution >= 0.6 is 0 Å². The zero-order chi connectivity index (χ0) is 49.1. The van der Waals surface area contributed by atoms with Crippen molar-refractivity contribution < 1.29 is 0 Å². The minimum Gasteiger partial charge on any atom is -0.310 e. The standard InChI is InChI=1S/C71H59N/c1-46-26-40-62-66(42-46)71(67-43-47(2)27-41-63(67)69(62,6)7)61-25-17-15-23-57(61)59-39-37-55(45-65(59)71)72(53-34-28-49(29-35-53)48-18-10-8-11-19-48)54-36-38-58-56-22-14-16-24-60(56)70(64(58)44-54,51-20-12-9-13-21-51)52-32-30-50(31-33-52)68(3,4)5/h8-45H,1-7H3. The monoisotopic (exact) mass is 925 g/mol. The number of fused-ring (bicyclic) bond motifs is 12. The van der Waals surface area contributed by atoms with Gasteiger partial charge in [0.2, 0.25) is 0 Å². The van der Waals surface area contributed by atoms with Crippen LogP contribution in [-0.2, 0) is 21.7 Å². The molecule has 0 radical (unpaired) electrons. The Morgan fingerprint density at radius 2 is 0.750 bits per heavy atom. The molecule has 348 valence electrons. The van der Waals surface area contributed by atoms with E-state index < -0.39 is 10.8 Å². The quantitative estimate of drug-likeness (QED) is 0.161. The fourth-order valence-electron chi connectivity index (χ4n) is 13.3. The molecule has 1 unspecified atom stereocenters. The molecule has 72 heavy (non-hydrogen) atoms. The Hall–Kier alpha value is -8.00. The van der Waals surface area contributed by atoms with E-state index in [4.69, 9.17) is 0 Å². The molecule has 10 aromatic rings. The molecule has 0 amide bonds. The van der Waals surface area contributed by atoms with Crippen molar-refractivity contribution in [2.24, 2.45) is 0 Å². The summed E-state index contributed by atoms with van der Waals surface area (Å²) in [5, 5.41) is 0. The third-order valence-corrected chi connectivity index (χ3v) is 16.7. The van der Waals surface area contributed by atoms with Gasteiger partial charge in [-0.25, -0.2) is 0 Å². The fourth-order valence-corrected chi connectivity index (χ4v) is 13.3. The topological polar surface area (TPSA) is 3.24 Å². The largest absolute Gasteiger partial charge is 0.310 e. The molecule has 0 saturated heterocycles. The molecule has 1 nitrogen and oxygen atoms in total. The maximum absolute atomic E-state index is 2.55. The van der Waals surface area contributed by atoms with Crippen molar-refractivity contribution in [1.29, 1.82) is 0 Å². The second kappa shape index (κ2) is 16.0. The molecule has 0 aliphatic heterocycles. The van der Waals surface area contributed by atoms with Gasteiger partial charge in [0.1, 0.15) is 0 Å². The fraction of sp³-hybridized carbons (Fsp3) is 0.155. The second-order valence-corrected chi connectivity index (χ2v) is 22.2. The second-order valence-electron chi connectivity index (χ2n) is 22.2. The highest BCUT2D eigenvalue weighted by molar-refractivity contribution is 5.93. The number of aryl methyl sites for hydroxylation is 2. The van der Waals surface area contributed by atoms with E-state index in [1.807, 2.05) is 0 Å². The summed E-state index contributed by atoms with van der Waals surface area (Å²) in [5.41, 5.74) is 26.8. The molecule has 0 aromatic heterocycles. The van der Waals surface area contributed by atoms with Crippen LogP contribution in [0, 0.1) is 13.8 Å². The molecule has 0 N–H and O–H groups in total. The van der Waals surface area contributed by atoms with Crippen LogP contribution in [0.2, 0.25) is 0 Å². The molecular weight excluding hydrogens is 867 g/mol. The van der Waals surface area contributed by atoms with Crippen LogP contribution in [0.3, 0.4) is 0 Å². The molecule has 0 bridgehead atoms. The maximum Gasteiger partial charge on any atom is 0.0720 e. The van der Waals surface area contributed by atoms with Crippen molar-refractivity contribution in [2.45, 2.75) is 70.1 Å². The summed E-state index contributed by atoms with van der Waals surface area (Å²) < 4.78 is 0. The molecule has 3 aliphatic carbocycles. The van der Waals surface area contributed by atoms with Crippen molar-refractivity contribution in [3.8, 4) is 33.4 Å². The van der Waals surface area contributed by atoms with Gasteiger partial charge in [-0.1, -0.05) is 240 Å². The number of hydrogen-bond acceptors (Lipinski definition) is 1. The Morgan fingerprint density at radius 3 is 1.29 bits per heavy atom. The Labute approximate surface area is 426 Å². The summed E-state index contributed by atoms with van der Waals surface area (Å²) in [6.07, 6.45) is 0. The van der Waals surface area contributed by atoms with Crippen LogP contribution in [0.1, 0.15) is 107 Å². The highest BCUT2D eigenvalue weighted by Gasteiger charge is 2.54. The van der Waals surface area contributed by atoms with E-state index in [0.717, 1.165) is 17.1 Å². The van der Waals surface area contributed by atoms with E-state index >= 15 is 0 Å². The average Bonchev–Trinajstić information content (AvgIpc) is 3.86. The molecule has 0 heterocycles. The third-order valence-electron chi connectivity index (χ3n) is 16.7. The van der Waals surface area contributed by atoms with E-state index in [-0.39, 0.29) is 10.8 Å². The minimum absolute atomic E-state index is 0.0269. The van der Waals surface area contributed by atoms with E-state index in [2.05, 4.69) is 284 Å². The van der Waals surface area contributed by atoms with Crippen LogP contribution in [-0.4, -0.2) is 0 Å². The summed E-state index contributed by atoms with van der Waals surface area (Å²) in [6, 6.07) is 88.1. The van der Waals surface area contributed by atoms with Gasteiger partial charge in [-0.15, -0.1) is 0 Å². The van der Waals surface area contributed by atoms with Gasteiger partial charge < -0.3 is 4.90 Å². The number of benzene rings is 10. The smallest absolute Gasteiger partial charge is 0.0720 e. The Morgan fingerprint density at radius 1 is 0.319 bits per heavy atom. The van der Waals surface area contributed by atoms with Crippen LogP contribution in [0.15, 0.2) is 231 Å². The molecule has 13 rings (SSSR count). The average molecular weight is 926 g/mol. The lowest BCUT2D eigenvalue weighted by Gasteiger charge is -2.47. The highest BCUT2D eigenvalue weighted by Crippen LogP contribution is 2.64. The lowest BCUT2D eigenvalue weighted by atomic mass is 9.55. The Balaban J connectivity index is 1.09. The van der Waals surface area contributed by atoms with Gasteiger partial charge in [-0.3, -0.25) is 0 Å². The molecular formula is C71H59N. The maximum atomic E-state index is 2.55. The minimum atomic E-state index is -0.565. The summed E-state index contributed by atoms with van der Waals surface area (Å²) in [5.74, 6) is 0. The normalized spacial score (nSPS) is 16.3. The molecule has 10 aromatic carbocycles. The van der Waals surface area contributed by atoms with Gasteiger partial charge in [0.15, 0.2) is 0 Å². The molecule has 3 aliphatic rings. The highest BCUT2D eigenvalue weighted by atomic mass is 15.1. The van der Waals surface area contributed by atoms with Gasteiger partial charge in [-0.05, 0) is 150 Å². The molecule has 1 spiro atoms. The van der Waals surface area contributed by atoms with Gasteiger partial charge in [0, 0.05) is 22.5 Å². The van der Waals surface area contributed by atoms with Crippen molar-refractivity contribution in [1.82, 2.24) is 0 Å². The number of nitrogens with zero attached hydrogens (tertiary/aromatic N) is 1. The lowest BCUT2D eigenvalue weighted by molar-refractivity contribution is 0.562. The zero-order valence-electron chi connectivity index (χ0n) is 42.4. The first-order chi connectivity index (χ1) is 34.9. The van der Waals surface area contributed by atoms with E-state index in [1.165, 1.54) is 106 Å². The van der Waals surface area contributed by atoms with Crippen LogP contribution in [0.25, 0.3) is 33.4 Å². The van der Waals surface area contributed by atoms with E-state index in [1.54, 1.807) is 0 Å².